The molecular weight excluding hydrogens is 262 g/mol. The van der Waals surface area contributed by atoms with Crippen molar-refractivity contribution < 1.29 is 10.2 Å². The minimum absolute atomic E-state index is 0.0346. The van der Waals surface area contributed by atoms with Crippen molar-refractivity contribution in [2.45, 2.75) is 6.04 Å². The molecule has 0 atom stereocenters. The van der Waals surface area contributed by atoms with Crippen molar-refractivity contribution in [3.63, 3.8) is 0 Å². The maximum atomic E-state index is 8.96. The van der Waals surface area contributed by atoms with Crippen molar-refractivity contribution in [1.29, 1.82) is 0 Å². The van der Waals surface area contributed by atoms with Crippen LogP contribution in [-0.2, 0) is 0 Å². The lowest BCUT2D eigenvalue weighted by molar-refractivity contribution is 0.203. The molecule has 0 saturated heterocycles. The summed E-state index contributed by atoms with van der Waals surface area (Å²) in [5, 5.41) is 24.4. The molecule has 0 radical (unpaired) electrons. The number of hydrogen-bond acceptors (Lipinski definition) is 8. The molecule has 0 aliphatic rings. The highest BCUT2D eigenvalue weighted by Crippen LogP contribution is 2.09. The summed E-state index contributed by atoms with van der Waals surface area (Å²) in [7, 11) is 0. The maximum Gasteiger partial charge on any atom is 0.258 e. The van der Waals surface area contributed by atoms with Crippen LogP contribution in [0, 0.1) is 0 Å². The largest absolute Gasteiger partial charge is 0.394 e. The van der Waals surface area contributed by atoms with Gasteiger partial charge in [0, 0.05) is 0 Å². The van der Waals surface area contributed by atoms with E-state index in [9.17, 15) is 0 Å². The van der Waals surface area contributed by atoms with Gasteiger partial charge in [0.05, 0.1) is 19.3 Å². The summed E-state index contributed by atoms with van der Waals surface area (Å²) < 4.78 is 1.31. The van der Waals surface area contributed by atoms with Crippen LogP contribution < -0.4 is 5.32 Å². The van der Waals surface area contributed by atoms with Gasteiger partial charge in [-0.1, -0.05) is 0 Å². The summed E-state index contributed by atoms with van der Waals surface area (Å²) in [4.78, 5) is 15.5. The van der Waals surface area contributed by atoms with Crippen LogP contribution >= 0.6 is 11.6 Å². The molecule has 18 heavy (non-hydrogen) atoms. The van der Waals surface area contributed by atoms with Crippen LogP contribution in [0.1, 0.15) is 0 Å². The van der Waals surface area contributed by atoms with Crippen LogP contribution in [0.4, 0.5) is 5.95 Å². The summed E-state index contributed by atoms with van der Waals surface area (Å²) in [6.07, 6.45) is 2.74. The number of nitrogens with one attached hydrogen (secondary N) is 1. The Bertz CT molecular complexity index is 502. The van der Waals surface area contributed by atoms with E-state index in [1.54, 1.807) is 0 Å². The van der Waals surface area contributed by atoms with Crippen molar-refractivity contribution in [2.75, 3.05) is 18.5 Å². The second kappa shape index (κ2) is 5.67. The highest BCUT2D eigenvalue weighted by molar-refractivity contribution is 6.28. The topological polar surface area (TPSA) is 122 Å². The van der Waals surface area contributed by atoms with Gasteiger partial charge in [0.2, 0.25) is 11.2 Å². The number of nitrogens with zero attached hydrogens (tertiary/aromatic N) is 6. The lowest BCUT2D eigenvalue weighted by Gasteiger charge is -2.13. The zero-order valence-corrected chi connectivity index (χ0v) is 9.86. The molecule has 0 aromatic carbocycles. The Kier molecular flexibility index (Phi) is 3.97. The molecule has 0 unspecified atom stereocenters. The molecule has 0 aliphatic heterocycles. The number of anilines is 1. The Morgan fingerprint density at radius 2 is 2.06 bits per heavy atom. The van der Waals surface area contributed by atoms with Crippen LogP contribution in [0.15, 0.2) is 12.7 Å². The molecule has 10 heteroatoms. The molecule has 2 aromatic heterocycles. The fraction of sp³-hybridized carbons (Fsp3) is 0.375. The Morgan fingerprint density at radius 3 is 2.67 bits per heavy atom. The molecule has 0 saturated carbocycles. The van der Waals surface area contributed by atoms with E-state index in [1.807, 2.05) is 0 Å². The Balaban J connectivity index is 2.27. The third-order valence-corrected chi connectivity index (χ3v) is 2.16. The van der Waals surface area contributed by atoms with Gasteiger partial charge in [0.25, 0.3) is 5.95 Å². The highest BCUT2D eigenvalue weighted by Gasteiger charge is 2.11. The molecule has 3 N–H and O–H groups in total. The van der Waals surface area contributed by atoms with Gasteiger partial charge in [0.1, 0.15) is 12.7 Å². The first-order valence-electron chi connectivity index (χ1n) is 4.97. The quantitative estimate of drug-likeness (QED) is 0.624. The predicted octanol–water partition coefficient (Wildman–Crippen LogP) is -1.13. The van der Waals surface area contributed by atoms with Crippen molar-refractivity contribution in [1.82, 2.24) is 29.7 Å². The zero-order valence-electron chi connectivity index (χ0n) is 9.10. The average molecular weight is 272 g/mol. The van der Waals surface area contributed by atoms with Crippen molar-refractivity contribution in [2.24, 2.45) is 0 Å². The summed E-state index contributed by atoms with van der Waals surface area (Å²) >= 11 is 5.75. The van der Waals surface area contributed by atoms with E-state index in [2.05, 4.69) is 30.4 Å². The Hall–Kier alpha value is -1.84. The summed E-state index contributed by atoms with van der Waals surface area (Å²) in [6, 6.07) is -0.577. The van der Waals surface area contributed by atoms with Crippen molar-refractivity contribution >= 4 is 17.5 Å². The first-order chi connectivity index (χ1) is 8.72. The lowest BCUT2D eigenvalue weighted by Crippen LogP contribution is -2.29. The standard InChI is InChI=1S/C8H10ClN7O2/c9-6-13-7(12-5(1-17)2-18)15-8(14-6)16-4-10-3-11-16/h3-5,17-18H,1-2H2,(H,12,13,14,15). The normalized spacial score (nSPS) is 10.9. The van der Waals surface area contributed by atoms with E-state index in [4.69, 9.17) is 21.8 Å². The molecule has 2 aromatic rings. The maximum absolute atomic E-state index is 8.96. The monoisotopic (exact) mass is 271 g/mol. The van der Waals surface area contributed by atoms with E-state index in [1.165, 1.54) is 17.3 Å². The molecule has 0 fully saturated rings. The van der Waals surface area contributed by atoms with Crippen LogP contribution in [0.2, 0.25) is 5.28 Å². The van der Waals surface area contributed by atoms with Crippen LogP contribution in [-0.4, -0.2) is 59.2 Å². The smallest absolute Gasteiger partial charge is 0.258 e. The van der Waals surface area contributed by atoms with E-state index < -0.39 is 6.04 Å². The van der Waals surface area contributed by atoms with Gasteiger partial charge >= 0.3 is 0 Å². The number of aliphatic hydroxyl groups excluding tert-OH is 2. The van der Waals surface area contributed by atoms with Gasteiger partial charge in [0.15, 0.2) is 0 Å². The van der Waals surface area contributed by atoms with E-state index in [-0.39, 0.29) is 30.4 Å². The van der Waals surface area contributed by atoms with Crippen molar-refractivity contribution in [3.05, 3.63) is 17.9 Å². The molecule has 0 amide bonds. The van der Waals surface area contributed by atoms with E-state index in [0.717, 1.165) is 0 Å². The number of rotatable bonds is 5. The molecule has 0 spiro atoms. The Morgan fingerprint density at radius 1 is 1.28 bits per heavy atom. The van der Waals surface area contributed by atoms with Gasteiger partial charge in [-0.3, -0.25) is 0 Å². The number of hydrogen-bond donors (Lipinski definition) is 3. The molecule has 0 bridgehead atoms. The minimum atomic E-state index is -0.577. The number of aromatic nitrogens is 6. The minimum Gasteiger partial charge on any atom is -0.394 e. The first-order valence-corrected chi connectivity index (χ1v) is 5.35. The van der Waals surface area contributed by atoms with E-state index in [0.29, 0.717) is 0 Å². The van der Waals surface area contributed by atoms with Gasteiger partial charge in [-0.15, -0.1) is 0 Å². The molecule has 0 aliphatic carbocycles. The van der Waals surface area contributed by atoms with E-state index >= 15 is 0 Å². The average Bonchev–Trinajstić information content (AvgIpc) is 2.89. The molecule has 9 nitrogen and oxygen atoms in total. The third-order valence-electron chi connectivity index (χ3n) is 1.99. The fourth-order valence-corrected chi connectivity index (χ4v) is 1.31. The second-order valence-corrected chi connectivity index (χ2v) is 3.61. The fourth-order valence-electron chi connectivity index (χ4n) is 1.15. The number of halogens is 1. The van der Waals surface area contributed by atoms with Crippen LogP contribution in [0.3, 0.4) is 0 Å². The molecule has 2 rings (SSSR count). The number of aliphatic hydroxyl groups is 2. The van der Waals surface area contributed by atoms with Gasteiger partial charge in [-0.25, -0.2) is 4.98 Å². The lowest BCUT2D eigenvalue weighted by atomic mass is 10.3. The summed E-state index contributed by atoms with van der Waals surface area (Å²) in [5.74, 6) is 0.318. The second-order valence-electron chi connectivity index (χ2n) is 3.27. The van der Waals surface area contributed by atoms with Gasteiger partial charge < -0.3 is 15.5 Å². The first kappa shape index (κ1) is 12.6. The third kappa shape index (κ3) is 2.88. The van der Waals surface area contributed by atoms with Gasteiger partial charge in [-0.2, -0.15) is 24.7 Å². The van der Waals surface area contributed by atoms with Gasteiger partial charge in [-0.05, 0) is 11.6 Å². The summed E-state index contributed by atoms with van der Waals surface area (Å²) in [6.45, 7) is -0.531. The van der Waals surface area contributed by atoms with Crippen LogP contribution in [0.25, 0.3) is 5.95 Å². The SMILES string of the molecule is OCC(CO)Nc1nc(Cl)nc(-n2cncn2)n1. The molecule has 2 heterocycles. The zero-order chi connectivity index (χ0) is 13.0. The molecule has 96 valence electrons. The Labute approximate surface area is 107 Å². The highest BCUT2D eigenvalue weighted by atomic mass is 35.5. The molecular formula is C8H10ClN7O2. The predicted molar refractivity (Wildman–Crippen MR) is 61.3 cm³/mol. The van der Waals surface area contributed by atoms with Crippen LogP contribution in [0.5, 0.6) is 0 Å². The van der Waals surface area contributed by atoms with Crippen molar-refractivity contribution in [3.8, 4) is 5.95 Å². The summed E-state index contributed by atoms with van der Waals surface area (Å²) in [5.41, 5.74) is 0.